The highest BCUT2D eigenvalue weighted by atomic mass is 19.4. The second kappa shape index (κ2) is 11.2. The van der Waals surface area contributed by atoms with Gasteiger partial charge in [-0.2, -0.15) is 13.2 Å². The molecule has 1 aliphatic heterocycles. The third-order valence-electron chi connectivity index (χ3n) is 5.21. The van der Waals surface area contributed by atoms with E-state index in [0.717, 1.165) is 12.1 Å². The highest BCUT2D eigenvalue weighted by Gasteiger charge is 2.34. The third kappa shape index (κ3) is 6.91. The van der Waals surface area contributed by atoms with E-state index in [9.17, 15) is 22.4 Å². The van der Waals surface area contributed by atoms with E-state index in [1.54, 1.807) is 49.7 Å². The summed E-state index contributed by atoms with van der Waals surface area (Å²) in [5.41, 5.74) is -0.396. The number of anilines is 1. The molecule has 7 nitrogen and oxygen atoms in total. The smallest absolute Gasteiger partial charge is 0.419 e. The highest BCUT2D eigenvalue weighted by Crippen LogP contribution is 2.33. The molecule has 11 heteroatoms. The Hall–Kier alpha value is -4.25. The average Bonchev–Trinajstić information content (AvgIpc) is 3.33. The zero-order chi connectivity index (χ0) is 26.4. The van der Waals surface area contributed by atoms with Crippen LogP contribution in [0, 0.1) is 5.82 Å². The van der Waals surface area contributed by atoms with E-state index in [0.29, 0.717) is 53.9 Å². The molecular formula is C26H22F4N4O3. The maximum absolute atomic E-state index is 13.4. The third-order valence-corrected chi connectivity index (χ3v) is 5.21. The molecule has 2 N–H and O–H groups in total. The molecule has 1 unspecified atom stereocenters. The largest absolute Gasteiger partial charge is 0.457 e. The molecule has 4 rings (SSSR count). The van der Waals surface area contributed by atoms with Gasteiger partial charge in [-0.05, 0) is 48.0 Å². The number of benzene rings is 2. The Labute approximate surface area is 209 Å². The standard InChI is InChI=1S/C26H22F4N4O3/c1-36-15-18-14-32-25(34-18)23-13-20(9-10-31-23)37-19-4-2-3-16(11-19)5-8-24(35)33-17-6-7-22(27)21(12-17)26(28,29)30/h2-13,18H,14-15H2,1H3,(H,32,34)(H,33,35)/b8-5+. The molecule has 0 radical (unpaired) electrons. The molecule has 37 heavy (non-hydrogen) atoms. The van der Waals surface area contributed by atoms with Gasteiger partial charge in [-0.1, -0.05) is 12.1 Å². The number of carbonyl (C=O) groups is 1. The van der Waals surface area contributed by atoms with Crippen molar-refractivity contribution in [2.75, 3.05) is 25.6 Å². The number of hydrogen-bond acceptors (Lipinski definition) is 6. The van der Waals surface area contributed by atoms with Crippen molar-refractivity contribution >= 4 is 23.5 Å². The molecule has 0 spiro atoms. The summed E-state index contributed by atoms with van der Waals surface area (Å²) in [6.45, 7) is 1.11. The molecule has 0 fully saturated rings. The van der Waals surface area contributed by atoms with E-state index in [1.807, 2.05) is 0 Å². The van der Waals surface area contributed by atoms with Gasteiger partial charge in [0.15, 0.2) is 0 Å². The summed E-state index contributed by atoms with van der Waals surface area (Å²) in [6.07, 6.45) is -0.640. The molecule has 2 heterocycles. The monoisotopic (exact) mass is 514 g/mol. The Morgan fingerprint density at radius 1 is 1.16 bits per heavy atom. The molecule has 0 bridgehead atoms. The van der Waals surface area contributed by atoms with E-state index in [2.05, 4.69) is 20.6 Å². The van der Waals surface area contributed by atoms with E-state index >= 15 is 0 Å². The zero-order valence-corrected chi connectivity index (χ0v) is 19.6. The number of nitrogens with zero attached hydrogens (tertiary/aromatic N) is 2. The molecule has 3 aromatic rings. The Morgan fingerprint density at radius 3 is 2.76 bits per heavy atom. The van der Waals surface area contributed by atoms with Gasteiger partial charge in [-0.25, -0.2) is 4.39 Å². The van der Waals surface area contributed by atoms with Crippen molar-refractivity contribution in [3.63, 3.8) is 0 Å². The number of aliphatic imine (C=N–C) groups is 1. The quantitative estimate of drug-likeness (QED) is 0.325. The molecular weight excluding hydrogens is 492 g/mol. The summed E-state index contributed by atoms with van der Waals surface area (Å²) >= 11 is 0. The van der Waals surface area contributed by atoms with Crippen LogP contribution in [0.4, 0.5) is 23.2 Å². The minimum Gasteiger partial charge on any atom is -0.457 e. The van der Waals surface area contributed by atoms with Gasteiger partial charge in [0.2, 0.25) is 5.91 Å². The Bertz CT molecular complexity index is 1340. The number of carbonyl (C=O) groups excluding carboxylic acids is 1. The topological polar surface area (TPSA) is 84.8 Å². The second-order valence-electron chi connectivity index (χ2n) is 8.05. The molecule has 0 aliphatic carbocycles. The number of amides is 1. The van der Waals surface area contributed by atoms with Crippen molar-refractivity contribution < 1.29 is 31.8 Å². The molecule has 1 aliphatic rings. The van der Waals surface area contributed by atoms with Crippen molar-refractivity contribution in [2.24, 2.45) is 4.99 Å². The first-order chi connectivity index (χ1) is 17.7. The fourth-order valence-corrected chi connectivity index (χ4v) is 3.53. The van der Waals surface area contributed by atoms with Gasteiger partial charge in [0.05, 0.1) is 24.8 Å². The molecule has 0 saturated carbocycles. The van der Waals surface area contributed by atoms with Crippen LogP contribution in [0.5, 0.6) is 11.5 Å². The summed E-state index contributed by atoms with van der Waals surface area (Å²) in [6, 6.07) is 12.6. The van der Waals surface area contributed by atoms with Gasteiger partial charge in [0.1, 0.15) is 28.8 Å². The van der Waals surface area contributed by atoms with Crippen LogP contribution < -0.4 is 15.4 Å². The summed E-state index contributed by atoms with van der Waals surface area (Å²) in [5, 5.41) is 5.55. The summed E-state index contributed by atoms with van der Waals surface area (Å²) in [7, 11) is 1.63. The fraction of sp³-hybridized carbons (Fsp3) is 0.192. The predicted molar refractivity (Wildman–Crippen MR) is 130 cm³/mol. The maximum atomic E-state index is 13.4. The lowest BCUT2D eigenvalue weighted by molar-refractivity contribution is -0.140. The van der Waals surface area contributed by atoms with Crippen molar-refractivity contribution in [2.45, 2.75) is 12.2 Å². The van der Waals surface area contributed by atoms with Crippen molar-refractivity contribution in [1.82, 2.24) is 10.3 Å². The summed E-state index contributed by atoms with van der Waals surface area (Å²) in [4.78, 5) is 21.0. The van der Waals surface area contributed by atoms with Gasteiger partial charge in [0, 0.05) is 31.1 Å². The second-order valence-corrected chi connectivity index (χ2v) is 8.05. The van der Waals surface area contributed by atoms with Crippen molar-refractivity contribution in [3.8, 4) is 11.5 Å². The molecule has 0 saturated heterocycles. The molecule has 1 aromatic heterocycles. The van der Waals surface area contributed by atoms with Gasteiger partial charge in [-0.3, -0.25) is 14.8 Å². The normalized spacial score (nSPS) is 15.4. The predicted octanol–water partition coefficient (Wildman–Crippen LogP) is 5.05. The van der Waals surface area contributed by atoms with E-state index in [1.165, 1.54) is 6.08 Å². The van der Waals surface area contributed by atoms with Crippen molar-refractivity contribution in [3.05, 3.63) is 89.5 Å². The lowest BCUT2D eigenvalue weighted by Crippen LogP contribution is -2.34. The summed E-state index contributed by atoms with van der Waals surface area (Å²) in [5.74, 6) is -0.422. The van der Waals surface area contributed by atoms with Crippen LogP contribution in [-0.2, 0) is 15.7 Å². The first-order valence-electron chi connectivity index (χ1n) is 11.1. The zero-order valence-electron chi connectivity index (χ0n) is 19.6. The number of rotatable bonds is 8. The van der Waals surface area contributed by atoms with Gasteiger partial charge in [-0.15, -0.1) is 0 Å². The fourth-order valence-electron chi connectivity index (χ4n) is 3.53. The molecule has 192 valence electrons. The molecule has 1 amide bonds. The van der Waals surface area contributed by atoms with Crippen LogP contribution >= 0.6 is 0 Å². The molecule has 2 aromatic carbocycles. The Morgan fingerprint density at radius 2 is 1.97 bits per heavy atom. The average molecular weight is 514 g/mol. The van der Waals surface area contributed by atoms with Gasteiger partial charge < -0.3 is 20.1 Å². The first kappa shape index (κ1) is 25.8. The Kier molecular flexibility index (Phi) is 7.83. The lowest BCUT2D eigenvalue weighted by atomic mass is 10.1. The van der Waals surface area contributed by atoms with Crippen LogP contribution in [0.3, 0.4) is 0 Å². The van der Waals surface area contributed by atoms with Gasteiger partial charge >= 0.3 is 6.18 Å². The minimum absolute atomic E-state index is 0.0850. The van der Waals surface area contributed by atoms with Crippen LogP contribution in [0.1, 0.15) is 16.8 Å². The number of ether oxygens (including phenoxy) is 2. The number of nitrogens with one attached hydrogen (secondary N) is 2. The van der Waals surface area contributed by atoms with E-state index in [-0.39, 0.29) is 11.7 Å². The number of pyridine rings is 1. The maximum Gasteiger partial charge on any atom is 0.419 e. The number of alkyl halides is 3. The van der Waals surface area contributed by atoms with Crippen LogP contribution in [-0.4, -0.2) is 43.0 Å². The number of halogens is 4. The van der Waals surface area contributed by atoms with E-state index < -0.39 is 23.5 Å². The Balaban J connectivity index is 1.40. The van der Waals surface area contributed by atoms with Crippen LogP contribution in [0.15, 0.2) is 71.9 Å². The first-order valence-corrected chi connectivity index (χ1v) is 11.1. The number of amidine groups is 1. The van der Waals surface area contributed by atoms with Crippen LogP contribution in [0.25, 0.3) is 6.08 Å². The van der Waals surface area contributed by atoms with Gasteiger partial charge in [0.25, 0.3) is 0 Å². The lowest BCUT2D eigenvalue weighted by Gasteiger charge is -2.11. The summed E-state index contributed by atoms with van der Waals surface area (Å²) < 4.78 is 63.1. The SMILES string of the molecule is COCC1CN=C(c2cc(Oc3cccc(/C=C/C(=O)Nc4ccc(F)c(C(F)(F)F)c4)c3)ccn2)N1. The van der Waals surface area contributed by atoms with E-state index in [4.69, 9.17) is 9.47 Å². The number of methoxy groups -OCH3 is 1. The minimum atomic E-state index is -4.87. The number of aromatic nitrogens is 1. The highest BCUT2D eigenvalue weighted by molar-refractivity contribution is 6.02. The van der Waals surface area contributed by atoms with Crippen molar-refractivity contribution in [1.29, 1.82) is 0 Å². The molecule has 1 atom stereocenters. The van der Waals surface area contributed by atoms with Crippen LogP contribution in [0.2, 0.25) is 0 Å². The number of hydrogen-bond donors (Lipinski definition) is 2.